The fourth-order valence-electron chi connectivity index (χ4n) is 1.44. The lowest BCUT2D eigenvalue weighted by Gasteiger charge is -2.17. The monoisotopic (exact) mass is 259 g/mol. The van der Waals surface area contributed by atoms with Crippen LogP contribution in [-0.2, 0) is 9.59 Å². The molecule has 1 rings (SSSR count). The van der Waals surface area contributed by atoms with Crippen LogP contribution in [0.15, 0.2) is 18.2 Å². The second kappa shape index (κ2) is 5.63. The average molecular weight is 260 g/mol. The number of benzene rings is 1. The third kappa shape index (κ3) is 4.03. The average Bonchev–Trinajstić information content (AvgIpc) is 2.14. The molecule has 0 radical (unpaired) electrons. The van der Waals surface area contributed by atoms with Gasteiger partial charge in [0.1, 0.15) is 5.82 Å². The van der Waals surface area contributed by atoms with Crippen molar-refractivity contribution in [1.82, 2.24) is 5.32 Å². The number of carboxylic acid groups (broad SMARTS) is 1. The predicted molar refractivity (Wildman–Crippen MR) is 60.2 cm³/mol. The number of halogens is 2. The Bertz CT molecular complexity index is 434. The van der Waals surface area contributed by atoms with E-state index in [-0.39, 0.29) is 17.4 Å². The number of rotatable bonds is 4. The second-order valence-electron chi connectivity index (χ2n) is 3.52. The van der Waals surface area contributed by atoms with Crippen molar-refractivity contribution in [3.05, 3.63) is 34.6 Å². The van der Waals surface area contributed by atoms with Crippen molar-refractivity contribution in [1.29, 1.82) is 0 Å². The fraction of sp³-hybridized carbons (Fsp3) is 0.273. The fourth-order valence-corrected chi connectivity index (χ4v) is 1.74. The van der Waals surface area contributed by atoms with Gasteiger partial charge in [-0.2, -0.15) is 0 Å². The zero-order valence-electron chi connectivity index (χ0n) is 9.04. The molecule has 0 aliphatic heterocycles. The minimum Gasteiger partial charge on any atom is -0.481 e. The minimum absolute atomic E-state index is 0.0880. The summed E-state index contributed by atoms with van der Waals surface area (Å²) < 4.78 is 12.8. The van der Waals surface area contributed by atoms with E-state index in [1.807, 2.05) is 0 Å². The smallest absolute Gasteiger partial charge is 0.305 e. The van der Waals surface area contributed by atoms with Gasteiger partial charge in [-0.1, -0.05) is 17.7 Å². The summed E-state index contributed by atoms with van der Waals surface area (Å²) in [5, 5.41) is 11.3. The van der Waals surface area contributed by atoms with Crippen LogP contribution >= 0.6 is 11.6 Å². The van der Waals surface area contributed by atoms with E-state index in [0.29, 0.717) is 5.56 Å². The Balaban J connectivity index is 3.02. The lowest BCUT2D eigenvalue weighted by Crippen LogP contribution is -2.28. The Labute approximate surface area is 102 Å². The summed E-state index contributed by atoms with van der Waals surface area (Å²) in [4.78, 5) is 21.6. The van der Waals surface area contributed by atoms with Crippen LogP contribution in [0, 0.1) is 5.82 Å². The van der Waals surface area contributed by atoms with Gasteiger partial charge in [-0.3, -0.25) is 9.59 Å². The lowest BCUT2D eigenvalue weighted by atomic mass is 10.0. The molecule has 0 unspecified atom stereocenters. The zero-order chi connectivity index (χ0) is 13.0. The van der Waals surface area contributed by atoms with E-state index in [1.165, 1.54) is 13.0 Å². The van der Waals surface area contributed by atoms with Gasteiger partial charge in [0.05, 0.1) is 12.5 Å². The molecular formula is C11H11ClFNO3. The Morgan fingerprint density at radius 2 is 2.18 bits per heavy atom. The van der Waals surface area contributed by atoms with E-state index in [0.717, 1.165) is 12.1 Å². The Kier molecular flexibility index (Phi) is 4.45. The quantitative estimate of drug-likeness (QED) is 0.870. The van der Waals surface area contributed by atoms with Gasteiger partial charge in [-0.15, -0.1) is 0 Å². The van der Waals surface area contributed by atoms with Crippen molar-refractivity contribution in [3.63, 3.8) is 0 Å². The first-order chi connectivity index (χ1) is 7.90. The van der Waals surface area contributed by atoms with E-state index < -0.39 is 17.8 Å². The van der Waals surface area contributed by atoms with Crippen LogP contribution in [-0.4, -0.2) is 17.0 Å². The second-order valence-corrected chi connectivity index (χ2v) is 3.92. The molecule has 17 heavy (non-hydrogen) atoms. The summed E-state index contributed by atoms with van der Waals surface area (Å²) in [5.41, 5.74) is 0.380. The van der Waals surface area contributed by atoms with Crippen molar-refractivity contribution in [2.45, 2.75) is 19.4 Å². The molecular weight excluding hydrogens is 249 g/mol. The normalized spacial score (nSPS) is 11.9. The van der Waals surface area contributed by atoms with Crippen LogP contribution in [0.1, 0.15) is 24.9 Å². The summed E-state index contributed by atoms with van der Waals surface area (Å²) in [6.07, 6.45) is -0.315. The summed E-state index contributed by atoms with van der Waals surface area (Å²) in [6, 6.07) is 2.84. The molecule has 0 saturated heterocycles. The Hall–Kier alpha value is -1.62. The number of aliphatic carboxylic acids is 1. The predicted octanol–water partition coefficient (Wildman–Crippen LogP) is 2.13. The maximum absolute atomic E-state index is 12.8. The Morgan fingerprint density at radius 1 is 1.53 bits per heavy atom. The van der Waals surface area contributed by atoms with Crippen LogP contribution in [0.5, 0.6) is 0 Å². The van der Waals surface area contributed by atoms with Crippen molar-refractivity contribution in [2.24, 2.45) is 0 Å². The van der Waals surface area contributed by atoms with Gasteiger partial charge in [0, 0.05) is 11.9 Å². The topological polar surface area (TPSA) is 66.4 Å². The van der Waals surface area contributed by atoms with Crippen molar-refractivity contribution in [3.8, 4) is 0 Å². The number of carboxylic acids is 1. The van der Waals surface area contributed by atoms with Gasteiger partial charge in [0.2, 0.25) is 5.91 Å². The molecule has 4 nitrogen and oxygen atoms in total. The highest BCUT2D eigenvalue weighted by Crippen LogP contribution is 2.26. The number of carbonyl (C=O) groups excluding carboxylic acids is 1. The molecule has 0 aliphatic rings. The molecule has 2 N–H and O–H groups in total. The molecule has 1 aromatic carbocycles. The SMILES string of the molecule is CC(=O)N[C@H](CC(=O)O)c1ccc(F)cc1Cl. The molecule has 0 saturated carbocycles. The molecule has 0 heterocycles. The van der Waals surface area contributed by atoms with Gasteiger partial charge in [-0.25, -0.2) is 4.39 Å². The highest BCUT2D eigenvalue weighted by atomic mass is 35.5. The van der Waals surface area contributed by atoms with Crippen LogP contribution in [0.4, 0.5) is 4.39 Å². The molecule has 0 bridgehead atoms. The summed E-state index contributed by atoms with van der Waals surface area (Å²) in [7, 11) is 0. The van der Waals surface area contributed by atoms with Crippen LogP contribution < -0.4 is 5.32 Å². The van der Waals surface area contributed by atoms with E-state index in [4.69, 9.17) is 16.7 Å². The van der Waals surface area contributed by atoms with E-state index in [9.17, 15) is 14.0 Å². The van der Waals surface area contributed by atoms with E-state index in [2.05, 4.69) is 5.32 Å². The van der Waals surface area contributed by atoms with Gasteiger partial charge in [-0.05, 0) is 17.7 Å². The highest BCUT2D eigenvalue weighted by molar-refractivity contribution is 6.31. The van der Waals surface area contributed by atoms with Gasteiger partial charge < -0.3 is 10.4 Å². The Morgan fingerprint density at radius 3 is 2.65 bits per heavy atom. The van der Waals surface area contributed by atoms with E-state index in [1.54, 1.807) is 0 Å². The van der Waals surface area contributed by atoms with Gasteiger partial charge in [0.25, 0.3) is 0 Å². The van der Waals surface area contributed by atoms with Crippen molar-refractivity contribution < 1.29 is 19.1 Å². The first kappa shape index (κ1) is 13.4. The largest absolute Gasteiger partial charge is 0.481 e. The van der Waals surface area contributed by atoms with Gasteiger partial charge in [0.15, 0.2) is 0 Å². The third-order valence-corrected chi connectivity index (χ3v) is 2.42. The molecule has 1 atom stereocenters. The number of hydrogen-bond donors (Lipinski definition) is 2. The summed E-state index contributed by atoms with van der Waals surface area (Å²) in [6.45, 7) is 1.27. The highest BCUT2D eigenvalue weighted by Gasteiger charge is 2.19. The maximum atomic E-state index is 12.8. The lowest BCUT2D eigenvalue weighted by molar-refractivity contribution is -0.137. The maximum Gasteiger partial charge on any atom is 0.305 e. The zero-order valence-corrected chi connectivity index (χ0v) is 9.79. The number of nitrogens with one attached hydrogen (secondary N) is 1. The third-order valence-electron chi connectivity index (χ3n) is 2.09. The standard InChI is InChI=1S/C11H11ClFNO3/c1-6(15)14-10(5-11(16)17)8-3-2-7(13)4-9(8)12/h2-4,10H,5H2,1H3,(H,14,15)(H,16,17)/t10-/m1/s1. The van der Waals surface area contributed by atoms with Crippen LogP contribution in [0.3, 0.4) is 0 Å². The molecule has 0 aromatic heterocycles. The number of carbonyl (C=O) groups is 2. The molecule has 1 amide bonds. The first-order valence-electron chi connectivity index (χ1n) is 4.84. The van der Waals surface area contributed by atoms with Crippen molar-refractivity contribution in [2.75, 3.05) is 0 Å². The minimum atomic E-state index is -1.08. The van der Waals surface area contributed by atoms with Gasteiger partial charge >= 0.3 is 5.97 Å². The molecule has 0 aliphatic carbocycles. The molecule has 1 aromatic rings. The number of amides is 1. The molecule has 0 spiro atoms. The molecule has 6 heteroatoms. The van der Waals surface area contributed by atoms with Crippen LogP contribution in [0.2, 0.25) is 5.02 Å². The van der Waals surface area contributed by atoms with E-state index >= 15 is 0 Å². The van der Waals surface area contributed by atoms with Crippen molar-refractivity contribution >= 4 is 23.5 Å². The first-order valence-corrected chi connectivity index (χ1v) is 5.21. The molecule has 0 fully saturated rings. The van der Waals surface area contributed by atoms with Crippen LogP contribution in [0.25, 0.3) is 0 Å². The molecule has 92 valence electrons. The number of hydrogen-bond acceptors (Lipinski definition) is 2. The summed E-state index contributed by atoms with van der Waals surface area (Å²) >= 11 is 5.81. The summed E-state index contributed by atoms with van der Waals surface area (Å²) in [5.74, 6) is -1.98.